The van der Waals surface area contributed by atoms with Gasteiger partial charge in [0.1, 0.15) is 0 Å². The quantitative estimate of drug-likeness (QED) is 0.823. The molecule has 0 amide bonds. The van der Waals surface area contributed by atoms with Crippen LogP contribution in [0.3, 0.4) is 0 Å². The van der Waals surface area contributed by atoms with Crippen molar-refractivity contribution in [3.05, 3.63) is 35.9 Å². The monoisotopic (exact) mass is 208 g/mol. The van der Waals surface area contributed by atoms with E-state index in [-0.39, 0.29) is 6.10 Å². The zero-order valence-electron chi connectivity index (χ0n) is 8.23. The number of aliphatic hydroxyl groups is 1. The van der Waals surface area contributed by atoms with E-state index >= 15 is 0 Å². The summed E-state index contributed by atoms with van der Waals surface area (Å²) in [5.41, 5.74) is 1.24. The fourth-order valence-corrected chi connectivity index (χ4v) is 3.18. The van der Waals surface area contributed by atoms with Gasteiger partial charge in [-0.15, -0.1) is 0 Å². The zero-order chi connectivity index (χ0) is 9.80. The predicted molar refractivity (Wildman–Crippen MR) is 61.6 cm³/mol. The van der Waals surface area contributed by atoms with Crippen LogP contribution in [0.2, 0.25) is 0 Å². The molecular formula is C12H16OS. The summed E-state index contributed by atoms with van der Waals surface area (Å²) in [5, 5.41) is 10.4. The van der Waals surface area contributed by atoms with Crippen molar-refractivity contribution in [2.75, 3.05) is 5.75 Å². The molecule has 14 heavy (non-hydrogen) atoms. The SMILES string of the molecule is O[C@H](Cc1ccccc1)C1CCCS1. The van der Waals surface area contributed by atoms with E-state index in [2.05, 4.69) is 12.1 Å². The van der Waals surface area contributed by atoms with Crippen LogP contribution >= 0.6 is 11.8 Å². The van der Waals surface area contributed by atoms with Crippen molar-refractivity contribution in [3.8, 4) is 0 Å². The van der Waals surface area contributed by atoms with Gasteiger partial charge in [-0.3, -0.25) is 0 Å². The Bertz CT molecular complexity index is 267. The molecule has 1 aliphatic rings. The standard InChI is InChI=1S/C12H16OS/c13-11(12-7-4-8-14-12)9-10-5-2-1-3-6-10/h1-3,5-6,11-13H,4,7-9H2/t11-,12?/m1/s1. The molecule has 1 fully saturated rings. The Morgan fingerprint density at radius 1 is 1.36 bits per heavy atom. The average molecular weight is 208 g/mol. The van der Waals surface area contributed by atoms with E-state index in [1.165, 1.54) is 24.2 Å². The molecule has 2 rings (SSSR count). The lowest BCUT2D eigenvalue weighted by atomic mass is 10.0. The van der Waals surface area contributed by atoms with Gasteiger partial charge in [0, 0.05) is 5.25 Å². The average Bonchev–Trinajstić information content (AvgIpc) is 2.72. The summed E-state index contributed by atoms with van der Waals surface area (Å²) in [6.45, 7) is 0. The van der Waals surface area contributed by atoms with Gasteiger partial charge >= 0.3 is 0 Å². The molecule has 0 bridgehead atoms. The van der Waals surface area contributed by atoms with Gasteiger partial charge < -0.3 is 5.11 Å². The highest BCUT2D eigenvalue weighted by molar-refractivity contribution is 8.00. The fourth-order valence-electron chi connectivity index (χ4n) is 1.89. The minimum Gasteiger partial charge on any atom is -0.392 e. The molecule has 0 saturated carbocycles. The number of hydrogen-bond donors (Lipinski definition) is 1. The van der Waals surface area contributed by atoms with Gasteiger partial charge in [0.2, 0.25) is 0 Å². The lowest BCUT2D eigenvalue weighted by Crippen LogP contribution is -2.22. The maximum Gasteiger partial charge on any atom is 0.0699 e. The minimum absolute atomic E-state index is 0.162. The summed E-state index contributed by atoms with van der Waals surface area (Å²) < 4.78 is 0. The van der Waals surface area contributed by atoms with Crippen molar-refractivity contribution in [2.24, 2.45) is 0 Å². The predicted octanol–water partition coefficient (Wildman–Crippen LogP) is 2.49. The number of rotatable bonds is 3. The van der Waals surface area contributed by atoms with Crippen molar-refractivity contribution >= 4 is 11.8 Å². The Morgan fingerprint density at radius 2 is 2.14 bits per heavy atom. The van der Waals surface area contributed by atoms with Crippen molar-refractivity contribution in [3.63, 3.8) is 0 Å². The van der Waals surface area contributed by atoms with E-state index < -0.39 is 0 Å². The van der Waals surface area contributed by atoms with Gasteiger partial charge in [-0.1, -0.05) is 30.3 Å². The summed E-state index contributed by atoms with van der Waals surface area (Å²) in [6.07, 6.45) is 3.09. The molecule has 76 valence electrons. The third kappa shape index (κ3) is 2.52. The Labute approximate surface area is 89.5 Å². The van der Waals surface area contributed by atoms with Crippen LogP contribution in [0, 0.1) is 0 Å². The largest absolute Gasteiger partial charge is 0.392 e. The van der Waals surface area contributed by atoms with Crippen LogP contribution in [-0.2, 0) is 6.42 Å². The lowest BCUT2D eigenvalue weighted by Gasteiger charge is -2.16. The number of thioether (sulfide) groups is 1. The van der Waals surface area contributed by atoms with Crippen molar-refractivity contribution in [1.82, 2.24) is 0 Å². The Hall–Kier alpha value is -0.470. The minimum atomic E-state index is -0.162. The second-order valence-corrected chi connectivity index (χ2v) is 5.16. The van der Waals surface area contributed by atoms with Gasteiger partial charge in [0.25, 0.3) is 0 Å². The van der Waals surface area contributed by atoms with Gasteiger partial charge in [-0.2, -0.15) is 11.8 Å². The lowest BCUT2D eigenvalue weighted by molar-refractivity contribution is 0.170. The van der Waals surface area contributed by atoms with E-state index in [0.29, 0.717) is 5.25 Å². The van der Waals surface area contributed by atoms with Gasteiger partial charge in [-0.25, -0.2) is 0 Å². The van der Waals surface area contributed by atoms with Crippen LogP contribution in [0.5, 0.6) is 0 Å². The first-order chi connectivity index (χ1) is 6.86. The molecule has 1 unspecified atom stereocenters. The molecule has 0 aromatic heterocycles. The third-order valence-electron chi connectivity index (χ3n) is 2.68. The third-order valence-corrected chi connectivity index (χ3v) is 4.18. The number of hydrogen-bond acceptors (Lipinski definition) is 2. The molecule has 2 heteroatoms. The maximum absolute atomic E-state index is 9.98. The summed E-state index contributed by atoms with van der Waals surface area (Å²) in [7, 11) is 0. The molecule has 1 heterocycles. The summed E-state index contributed by atoms with van der Waals surface area (Å²) in [5.74, 6) is 1.22. The highest BCUT2D eigenvalue weighted by atomic mass is 32.2. The summed E-state index contributed by atoms with van der Waals surface area (Å²) in [6, 6.07) is 10.2. The zero-order valence-corrected chi connectivity index (χ0v) is 9.04. The van der Waals surface area contributed by atoms with E-state index in [0.717, 1.165) is 6.42 Å². The molecule has 1 nitrogen and oxygen atoms in total. The Kier molecular flexibility index (Phi) is 3.49. The van der Waals surface area contributed by atoms with Crippen LogP contribution in [0.1, 0.15) is 18.4 Å². The molecule has 1 aliphatic heterocycles. The van der Waals surface area contributed by atoms with E-state index in [1.807, 2.05) is 30.0 Å². The smallest absolute Gasteiger partial charge is 0.0699 e. The second-order valence-electron chi connectivity index (χ2n) is 3.81. The molecular weight excluding hydrogens is 192 g/mol. The Morgan fingerprint density at radius 3 is 2.79 bits per heavy atom. The number of aliphatic hydroxyl groups excluding tert-OH is 1. The molecule has 1 aromatic carbocycles. The molecule has 0 spiro atoms. The van der Waals surface area contributed by atoms with Crippen LogP contribution in [0.4, 0.5) is 0 Å². The summed E-state index contributed by atoms with van der Waals surface area (Å²) >= 11 is 1.92. The van der Waals surface area contributed by atoms with Crippen LogP contribution in [0.25, 0.3) is 0 Å². The highest BCUT2D eigenvalue weighted by Gasteiger charge is 2.23. The van der Waals surface area contributed by atoms with Gasteiger partial charge in [0.05, 0.1) is 6.10 Å². The van der Waals surface area contributed by atoms with Crippen molar-refractivity contribution in [1.29, 1.82) is 0 Å². The van der Waals surface area contributed by atoms with Crippen LogP contribution in [0.15, 0.2) is 30.3 Å². The number of benzene rings is 1. The van der Waals surface area contributed by atoms with E-state index in [9.17, 15) is 5.11 Å². The second kappa shape index (κ2) is 4.85. The van der Waals surface area contributed by atoms with Crippen LogP contribution < -0.4 is 0 Å². The topological polar surface area (TPSA) is 20.2 Å². The first-order valence-electron chi connectivity index (χ1n) is 5.20. The molecule has 1 saturated heterocycles. The first kappa shape index (κ1) is 10.1. The molecule has 0 radical (unpaired) electrons. The van der Waals surface area contributed by atoms with Crippen molar-refractivity contribution < 1.29 is 5.11 Å². The fraction of sp³-hybridized carbons (Fsp3) is 0.500. The highest BCUT2D eigenvalue weighted by Crippen LogP contribution is 2.29. The molecule has 2 atom stereocenters. The van der Waals surface area contributed by atoms with E-state index in [4.69, 9.17) is 0 Å². The first-order valence-corrected chi connectivity index (χ1v) is 6.25. The van der Waals surface area contributed by atoms with E-state index in [1.54, 1.807) is 0 Å². The molecule has 1 aromatic rings. The van der Waals surface area contributed by atoms with Gasteiger partial charge in [0.15, 0.2) is 0 Å². The summed E-state index contributed by atoms with van der Waals surface area (Å²) in [4.78, 5) is 0. The molecule has 0 aliphatic carbocycles. The Balaban J connectivity index is 1.90. The normalized spacial score (nSPS) is 23.6. The molecule has 1 N–H and O–H groups in total. The maximum atomic E-state index is 9.98. The van der Waals surface area contributed by atoms with Gasteiger partial charge in [-0.05, 0) is 30.6 Å². The van der Waals surface area contributed by atoms with Crippen molar-refractivity contribution in [2.45, 2.75) is 30.6 Å². The van der Waals surface area contributed by atoms with Crippen LogP contribution in [-0.4, -0.2) is 22.2 Å².